The van der Waals surface area contributed by atoms with Crippen LogP contribution < -0.4 is 25.8 Å². The van der Waals surface area contributed by atoms with E-state index in [1.54, 1.807) is 6.07 Å². The minimum Gasteiger partial charge on any atom is -0.494 e. The third kappa shape index (κ3) is 7.13. The van der Waals surface area contributed by atoms with Gasteiger partial charge in [-0.1, -0.05) is 38.1 Å². The number of amides is 1. The van der Waals surface area contributed by atoms with Gasteiger partial charge in [0.2, 0.25) is 0 Å². The average Bonchev–Trinajstić information content (AvgIpc) is 2.97. The number of ether oxygens (including phenoxy) is 2. The highest BCUT2D eigenvalue weighted by Gasteiger charge is 2.13. The maximum absolute atomic E-state index is 12.1. The predicted octanol–water partition coefficient (Wildman–Crippen LogP) is 5.54. The van der Waals surface area contributed by atoms with E-state index in [9.17, 15) is 4.79 Å². The Balaban J connectivity index is 1.66. The summed E-state index contributed by atoms with van der Waals surface area (Å²) in [5.41, 5.74) is 9.39. The van der Waals surface area contributed by atoms with Gasteiger partial charge in [0.1, 0.15) is 17.3 Å². The summed E-state index contributed by atoms with van der Waals surface area (Å²) in [4.78, 5) is 21.8. The largest absolute Gasteiger partial charge is 0.494 e. The number of nitrogens with two attached hydrogens (primary N) is 1. The highest BCUT2D eigenvalue weighted by Crippen LogP contribution is 2.31. The lowest BCUT2D eigenvalue weighted by molar-refractivity contribution is -0.123. The van der Waals surface area contributed by atoms with E-state index in [0.717, 1.165) is 33.5 Å². The fraction of sp³-hybridized carbons (Fsp3) is 0.226. The standard InChI is InChI=1S/C31H34N6O3/c1-4-39-26-12-13-28-27(15-26)31(35-24-10-8-21(9-11-24)23(16-32)17-33)37-30(36-28)22-6-5-7-25(14-22)40-19-29(38)34-18-20(2)3/h5-17,20,32H,4,18-19,33H2,1-3H3,(H,34,38)(H,35,36,37)/b23-17+,32-16?. The van der Waals surface area contributed by atoms with Crippen molar-refractivity contribution < 1.29 is 14.3 Å². The molecule has 5 N–H and O–H groups in total. The summed E-state index contributed by atoms with van der Waals surface area (Å²) in [5.74, 6) is 2.58. The number of benzene rings is 3. The Morgan fingerprint density at radius 1 is 1.02 bits per heavy atom. The molecule has 9 heteroatoms. The first-order valence-electron chi connectivity index (χ1n) is 13.1. The van der Waals surface area contributed by atoms with Crippen LogP contribution in [0.25, 0.3) is 27.9 Å². The summed E-state index contributed by atoms with van der Waals surface area (Å²) in [7, 11) is 0. The van der Waals surface area contributed by atoms with Gasteiger partial charge >= 0.3 is 0 Å². The first-order chi connectivity index (χ1) is 19.4. The summed E-state index contributed by atoms with van der Waals surface area (Å²) < 4.78 is 11.5. The number of hydrogen-bond donors (Lipinski definition) is 4. The zero-order valence-electron chi connectivity index (χ0n) is 22.9. The van der Waals surface area contributed by atoms with Crippen LogP contribution in [0.4, 0.5) is 11.5 Å². The maximum Gasteiger partial charge on any atom is 0.257 e. The molecule has 0 radical (unpaired) electrons. The van der Waals surface area contributed by atoms with Crippen molar-refractivity contribution in [1.82, 2.24) is 15.3 Å². The molecule has 40 heavy (non-hydrogen) atoms. The van der Waals surface area contributed by atoms with Crippen LogP contribution in [-0.2, 0) is 4.79 Å². The van der Waals surface area contributed by atoms with E-state index in [4.69, 9.17) is 30.6 Å². The molecule has 1 amide bonds. The van der Waals surface area contributed by atoms with Gasteiger partial charge in [-0.3, -0.25) is 4.79 Å². The third-order valence-electron chi connectivity index (χ3n) is 5.96. The molecule has 3 aromatic carbocycles. The molecule has 4 aromatic rings. The van der Waals surface area contributed by atoms with Crippen molar-refractivity contribution >= 4 is 40.1 Å². The number of aromatic nitrogens is 2. The molecule has 1 heterocycles. The lowest BCUT2D eigenvalue weighted by atomic mass is 10.1. The van der Waals surface area contributed by atoms with Crippen LogP contribution in [-0.4, -0.2) is 41.8 Å². The average molecular weight is 539 g/mol. The fourth-order valence-electron chi connectivity index (χ4n) is 3.94. The van der Waals surface area contributed by atoms with Crippen molar-refractivity contribution in [3.8, 4) is 22.9 Å². The van der Waals surface area contributed by atoms with Crippen LogP contribution in [0.2, 0.25) is 0 Å². The number of rotatable bonds is 12. The number of carbonyl (C=O) groups excluding carboxylic acids is 1. The van der Waals surface area contributed by atoms with Gasteiger partial charge in [0.05, 0.1) is 12.1 Å². The van der Waals surface area contributed by atoms with Gasteiger partial charge in [-0.05, 0) is 60.9 Å². The molecule has 9 nitrogen and oxygen atoms in total. The quantitative estimate of drug-likeness (QED) is 0.174. The van der Waals surface area contributed by atoms with Crippen molar-refractivity contribution in [2.75, 3.05) is 25.1 Å². The van der Waals surface area contributed by atoms with Gasteiger partial charge in [-0.15, -0.1) is 0 Å². The number of hydrogen-bond acceptors (Lipinski definition) is 8. The first-order valence-corrected chi connectivity index (χ1v) is 13.1. The topological polar surface area (TPSA) is 135 Å². The van der Waals surface area contributed by atoms with Gasteiger partial charge in [0, 0.05) is 41.2 Å². The second kappa shape index (κ2) is 13.2. The number of fused-ring (bicyclic) bond motifs is 1. The number of carbonyl (C=O) groups is 1. The second-order valence-electron chi connectivity index (χ2n) is 9.49. The molecule has 0 aliphatic rings. The molecule has 0 saturated carbocycles. The van der Waals surface area contributed by atoms with Gasteiger partial charge < -0.3 is 31.3 Å². The van der Waals surface area contributed by atoms with Gasteiger partial charge in [0.15, 0.2) is 12.4 Å². The molecule has 0 saturated heterocycles. The van der Waals surface area contributed by atoms with Crippen LogP contribution in [0.5, 0.6) is 11.5 Å². The summed E-state index contributed by atoms with van der Waals surface area (Å²) in [6.07, 6.45) is 2.63. The van der Waals surface area contributed by atoms with E-state index in [2.05, 4.69) is 10.6 Å². The van der Waals surface area contributed by atoms with E-state index in [-0.39, 0.29) is 12.5 Å². The summed E-state index contributed by atoms with van der Waals surface area (Å²) >= 11 is 0. The van der Waals surface area contributed by atoms with Gasteiger partial charge in [0.25, 0.3) is 5.91 Å². The Hall–Kier alpha value is -4.92. The number of nitrogens with one attached hydrogen (secondary N) is 3. The molecule has 0 spiro atoms. The van der Waals surface area contributed by atoms with E-state index >= 15 is 0 Å². The molecular weight excluding hydrogens is 504 g/mol. The van der Waals surface area contributed by atoms with Crippen LogP contribution in [0.3, 0.4) is 0 Å². The minimum atomic E-state index is -0.168. The highest BCUT2D eigenvalue weighted by molar-refractivity contribution is 6.08. The molecule has 0 fully saturated rings. The second-order valence-corrected chi connectivity index (χ2v) is 9.49. The Bertz CT molecular complexity index is 1520. The molecule has 4 rings (SSSR count). The van der Waals surface area contributed by atoms with Crippen LogP contribution in [0.15, 0.2) is 72.9 Å². The van der Waals surface area contributed by atoms with Crippen LogP contribution in [0, 0.1) is 11.3 Å². The Labute approximate surface area is 234 Å². The Morgan fingerprint density at radius 2 is 1.80 bits per heavy atom. The maximum atomic E-state index is 12.1. The molecular formula is C31H34N6O3. The van der Waals surface area contributed by atoms with Crippen molar-refractivity contribution in [2.45, 2.75) is 20.8 Å². The van der Waals surface area contributed by atoms with Crippen molar-refractivity contribution in [3.63, 3.8) is 0 Å². The number of allylic oxidation sites excluding steroid dienone is 1. The fourth-order valence-corrected chi connectivity index (χ4v) is 3.94. The van der Waals surface area contributed by atoms with E-state index in [0.29, 0.717) is 42.0 Å². The summed E-state index contributed by atoms with van der Waals surface area (Å²) in [5, 5.41) is 14.6. The smallest absolute Gasteiger partial charge is 0.257 e. The zero-order chi connectivity index (χ0) is 28.5. The Morgan fingerprint density at radius 3 is 2.50 bits per heavy atom. The summed E-state index contributed by atoms with van der Waals surface area (Å²) in [6.45, 7) is 7.09. The molecule has 1 aromatic heterocycles. The van der Waals surface area contributed by atoms with Gasteiger partial charge in [-0.2, -0.15) is 0 Å². The third-order valence-corrected chi connectivity index (χ3v) is 5.96. The molecule has 0 aliphatic heterocycles. The number of anilines is 2. The van der Waals surface area contributed by atoms with Crippen LogP contribution >= 0.6 is 0 Å². The van der Waals surface area contributed by atoms with Gasteiger partial charge in [-0.25, -0.2) is 9.97 Å². The summed E-state index contributed by atoms with van der Waals surface area (Å²) in [6, 6.07) is 20.7. The Kier molecular flexibility index (Phi) is 9.30. The zero-order valence-corrected chi connectivity index (χ0v) is 22.9. The predicted molar refractivity (Wildman–Crippen MR) is 160 cm³/mol. The van der Waals surface area contributed by atoms with Crippen molar-refractivity contribution in [2.24, 2.45) is 11.7 Å². The molecule has 0 unspecified atom stereocenters. The van der Waals surface area contributed by atoms with E-state index in [1.807, 2.05) is 81.4 Å². The first kappa shape index (κ1) is 28.1. The molecule has 0 atom stereocenters. The van der Waals surface area contributed by atoms with E-state index in [1.165, 1.54) is 12.4 Å². The normalized spacial score (nSPS) is 11.3. The number of nitrogens with zero attached hydrogens (tertiary/aromatic N) is 2. The van der Waals surface area contributed by atoms with Crippen LogP contribution in [0.1, 0.15) is 26.3 Å². The highest BCUT2D eigenvalue weighted by atomic mass is 16.5. The van der Waals surface area contributed by atoms with Crippen molar-refractivity contribution in [3.05, 3.63) is 78.5 Å². The molecule has 0 bridgehead atoms. The molecule has 0 aliphatic carbocycles. The SMILES string of the molecule is CCOc1ccc2nc(-c3cccc(OCC(=O)NCC(C)C)c3)nc(Nc3ccc(/C(C=N)=C/N)cc3)c2c1. The minimum absolute atomic E-state index is 0.0726. The van der Waals surface area contributed by atoms with Crippen molar-refractivity contribution in [1.29, 1.82) is 5.41 Å². The monoisotopic (exact) mass is 538 g/mol. The van der Waals surface area contributed by atoms with E-state index < -0.39 is 0 Å². The molecule has 206 valence electrons. The lowest BCUT2D eigenvalue weighted by Gasteiger charge is -2.14. The lowest BCUT2D eigenvalue weighted by Crippen LogP contribution is -2.31.